The van der Waals surface area contributed by atoms with Gasteiger partial charge in [-0.15, -0.1) is 0 Å². The van der Waals surface area contributed by atoms with Gasteiger partial charge >= 0.3 is 17.9 Å². The molecule has 9 heteroatoms. The topological polar surface area (TPSA) is 107 Å². The Balaban J connectivity index is 1.50. The van der Waals surface area contributed by atoms with Gasteiger partial charge in [0.25, 0.3) is 0 Å². The van der Waals surface area contributed by atoms with Gasteiger partial charge in [0, 0.05) is 26.7 Å². The number of ether oxygens (including phenoxy) is 6. The summed E-state index contributed by atoms with van der Waals surface area (Å²) in [7, 11) is 0. The lowest BCUT2D eigenvalue weighted by atomic mass is 9.84. The molecule has 1 saturated carbocycles. The number of benzene rings is 2. The average molecular weight is 553 g/mol. The fourth-order valence-electron chi connectivity index (χ4n) is 5.58. The number of hydrogen-bond acceptors (Lipinski definition) is 9. The number of rotatable bonds is 8. The Morgan fingerprint density at radius 2 is 1.55 bits per heavy atom. The van der Waals surface area contributed by atoms with Gasteiger partial charge < -0.3 is 28.4 Å². The lowest BCUT2D eigenvalue weighted by Crippen LogP contribution is -2.54. The molecule has 0 N–H and O–H groups in total. The van der Waals surface area contributed by atoms with Gasteiger partial charge in [0.2, 0.25) is 0 Å². The summed E-state index contributed by atoms with van der Waals surface area (Å²) in [6.45, 7) is 6.85. The Bertz CT molecular complexity index is 1270. The molecular formula is C31H36O9. The summed E-state index contributed by atoms with van der Waals surface area (Å²) in [4.78, 5) is 35.9. The molecule has 0 aromatic heterocycles. The van der Waals surface area contributed by atoms with Crippen molar-refractivity contribution in [3.63, 3.8) is 0 Å². The third-order valence-corrected chi connectivity index (χ3v) is 7.62. The quantitative estimate of drug-likeness (QED) is 0.347. The summed E-state index contributed by atoms with van der Waals surface area (Å²) in [6, 6.07) is 12.2. The van der Waals surface area contributed by atoms with Gasteiger partial charge in [-0.05, 0) is 59.6 Å². The SMILES string of the molecule is CC(=O)OC[C@H]1O[C@@H](c2ccc(C3CC3)c(Cc3ccc4c(c3)OCCO4)c2)[C@H](OC(C)=O)[C@@H](OC(C)=O)[C@@H]1C. The molecule has 2 fully saturated rings. The second-order valence-electron chi connectivity index (χ2n) is 10.8. The van der Waals surface area contributed by atoms with Gasteiger partial charge in [-0.2, -0.15) is 0 Å². The van der Waals surface area contributed by atoms with Gasteiger partial charge in [-0.25, -0.2) is 0 Å². The summed E-state index contributed by atoms with van der Waals surface area (Å²) >= 11 is 0. The molecular weight excluding hydrogens is 516 g/mol. The standard InChI is InChI=1S/C31H36O9/c1-17-28(16-37-18(2)32)40-30(31(39-20(4)34)29(17)38-19(3)33)23-8-9-25(22-6-7-22)24(15-23)13-21-5-10-26-27(14-21)36-12-11-35-26/h5,8-10,14-15,17,22,28-31H,6-7,11-13,16H2,1-4H3/t17-,28-,29+,30+,31-/m1/s1. The largest absolute Gasteiger partial charge is 0.486 e. The number of hydrogen-bond donors (Lipinski definition) is 0. The van der Waals surface area contributed by atoms with Crippen molar-refractivity contribution < 1.29 is 42.8 Å². The molecule has 5 rings (SSSR count). The van der Waals surface area contributed by atoms with Crippen molar-refractivity contribution in [2.24, 2.45) is 5.92 Å². The van der Waals surface area contributed by atoms with Crippen LogP contribution in [0.4, 0.5) is 0 Å². The predicted octanol–water partition coefficient (Wildman–Crippen LogP) is 4.43. The summed E-state index contributed by atoms with van der Waals surface area (Å²) in [5.74, 6) is 0.154. The van der Waals surface area contributed by atoms with E-state index < -0.39 is 48.2 Å². The first-order valence-electron chi connectivity index (χ1n) is 13.8. The maximum Gasteiger partial charge on any atom is 0.303 e. The number of fused-ring (bicyclic) bond motifs is 1. The highest BCUT2D eigenvalue weighted by Gasteiger charge is 2.49. The fraction of sp³-hybridized carbons (Fsp3) is 0.516. The van der Waals surface area contributed by atoms with Crippen molar-refractivity contribution in [3.05, 3.63) is 58.7 Å². The molecule has 0 amide bonds. The van der Waals surface area contributed by atoms with E-state index >= 15 is 0 Å². The highest BCUT2D eigenvalue weighted by atomic mass is 16.6. The average Bonchev–Trinajstić information content (AvgIpc) is 3.75. The summed E-state index contributed by atoms with van der Waals surface area (Å²) in [5, 5.41) is 0. The van der Waals surface area contributed by atoms with Crippen molar-refractivity contribution in [1.82, 2.24) is 0 Å². The van der Waals surface area contributed by atoms with E-state index in [0.717, 1.165) is 41.0 Å². The first kappa shape index (κ1) is 28.0. The molecule has 2 heterocycles. The fourth-order valence-corrected chi connectivity index (χ4v) is 5.58. The molecule has 0 radical (unpaired) electrons. The monoisotopic (exact) mass is 552 g/mol. The van der Waals surface area contributed by atoms with E-state index in [1.54, 1.807) is 0 Å². The Kier molecular flexibility index (Phi) is 8.30. The second kappa shape index (κ2) is 11.9. The van der Waals surface area contributed by atoms with Crippen molar-refractivity contribution >= 4 is 17.9 Å². The van der Waals surface area contributed by atoms with Gasteiger partial charge in [0.05, 0.1) is 6.10 Å². The molecule has 2 aliphatic heterocycles. The molecule has 3 aliphatic rings. The molecule has 9 nitrogen and oxygen atoms in total. The molecule has 2 aromatic carbocycles. The molecule has 1 saturated heterocycles. The van der Waals surface area contributed by atoms with Crippen LogP contribution in [0.3, 0.4) is 0 Å². The van der Waals surface area contributed by atoms with Crippen molar-refractivity contribution in [2.45, 2.75) is 77.3 Å². The van der Waals surface area contributed by atoms with Crippen molar-refractivity contribution in [2.75, 3.05) is 19.8 Å². The number of esters is 3. The second-order valence-corrected chi connectivity index (χ2v) is 10.8. The Morgan fingerprint density at radius 1 is 0.850 bits per heavy atom. The van der Waals surface area contributed by atoms with E-state index in [1.807, 2.05) is 31.2 Å². The van der Waals surface area contributed by atoms with Crippen molar-refractivity contribution in [1.29, 1.82) is 0 Å². The molecule has 0 unspecified atom stereocenters. The van der Waals surface area contributed by atoms with Gasteiger partial charge in [-0.3, -0.25) is 14.4 Å². The normalized spacial score (nSPS) is 25.6. The minimum absolute atomic E-state index is 0.0121. The van der Waals surface area contributed by atoms with E-state index in [4.69, 9.17) is 28.4 Å². The maximum absolute atomic E-state index is 12.2. The minimum atomic E-state index is -0.876. The molecule has 0 spiro atoms. The van der Waals surface area contributed by atoms with Crippen LogP contribution in [-0.2, 0) is 39.8 Å². The molecule has 1 aliphatic carbocycles. The highest BCUT2D eigenvalue weighted by Crippen LogP contribution is 2.45. The Hall–Kier alpha value is -3.59. The van der Waals surface area contributed by atoms with E-state index in [2.05, 4.69) is 12.1 Å². The molecule has 214 valence electrons. The lowest BCUT2D eigenvalue weighted by Gasteiger charge is -2.44. The summed E-state index contributed by atoms with van der Waals surface area (Å²) < 4.78 is 34.7. The van der Waals surface area contributed by atoms with Crippen LogP contribution < -0.4 is 9.47 Å². The Labute approximate surface area is 234 Å². The molecule has 40 heavy (non-hydrogen) atoms. The third-order valence-electron chi connectivity index (χ3n) is 7.62. The number of carbonyl (C=O) groups is 3. The van der Waals surface area contributed by atoms with Crippen LogP contribution in [0, 0.1) is 5.92 Å². The maximum atomic E-state index is 12.2. The van der Waals surface area contributed by atoms with E-state index in [0.29, 0.717) is 25.6 Å². The van der Waals surface area contributed by atoms with Crippen LogP contribution in [0.15, 0.2) is 36.4 Å². The third kappa shape index (κ3) is 6.41. The van der Waals surface area contributed by atoms with Crippen LogP contribution in [0.5, 0.6) is 11.5 Å². The van der Waals surface area contributed by atoms with Crippen LogP contribution in [0.25, 0.3) is 0 Å². The minimum Gasteiger partial charge on any atom is -0.486 e. The van der Waals surface area contributed by atoms with Gasteiger partial charge in [0.1, 0.15) is 32.0 Å². The Morgan fingerprint density at radius 3 is 2.23 bits per heavy atom. The van der Waals surface area contributed by atoms with Crippen molar-refractivity contribution in [3.8, 4) is 11.5 Å². The van der Waals surface area contributed by atoms with E-state index in [1.165, 1.54) is 26.3 Å². The first-order valence-corrected chi connectivity index (χ1v) is 13.8. The molecule has 2 aromatic rings. The lowest BCUT2D eigenvalue weighted by molar-refractivity contribution is -0.232. The summed E-state index contributed by atoms with van der Waals surface area (Å²) in [5.41, 5.74) is 4.30. The molecule has 0 bridgehead atoms. The summed E-state index contributed by atoms with van der Waals surface area (Å²) in [6.07, 6.45) is -0.0299. The van der Waals surface area contributed by atoms with E-state index in [-0.39, 0.29) is 6.61 Å². The highest BCUT2D eigenvalue weighted by molar-refractivity contribution is 5.68. The zero-order chi connectivity index (χ0) is 28.4. The first-order chi connectivity index (χ1) is 19.2. The van der Waals surface area contributed by atoms with Crippen LogP contribution >= 0.6 is 0 Å². The van der Waals surface area contributed by atoms with Gasteiger partial charge in [0.15, 0.2) is 17.6 Å². The smallest absolute Gasteiger partial charge is 0.303 e. The zero-order valence-corrected chi connectivity index (χ0v) is 23.3. The zero-order valence-electron chi connectivity index (χ0n) is 23.3. The van der Waals surface area contributed by atoms with Crippen LogP contribution in [0.1, 0.15) is 74.8 Å². The number of carbonyl (C=O) groups excluding carboxylic acids is 3. The van der Waals surface area contributed by atoms with E-state index in [9.17, 15) is 14.4 Å². The molecule has 5 atom stereocenters. The van der Waals surface area contributed by atoms with Crippen LogP contribution in [0.2, 0.25) is 0 Å². The predicted molar refractivity (Wildman–Crippen MR) is 143 cm³/mol. The van der Waals surface area contributed by atoms with Gasteiger partial charge in [-0.1, -0.05) is 31.2 Å². The van der Waals surface area contributed by atoms with Crippen LogP contribution in [-0.4, -0.2) is 56.0 Å².